The molecule has 0 aliphatic carbocycles. The van der Waals surface area contributed by atoms with Crippen molar-refractivity contribution in [3.63, 3.8) is 0 Å². The van der Waals surface area contributed by atoms with Crippen LogP contribution in [0.4, 0.5) is 24.5 Å². The van der Waals surface area contributed by atoms with E-state index in [2.05, 4.69) is 25.3 Å². The number of likely N-dealkylation sites (tertiary alicyclic amines) is 1. The highest BCUT2D eigenvalue weighted by Crippen LogP contribution is 2.48. The Morgan fingerprint density at radius 1 is 1.05 bits per heavy atom. The molecule has 2 amide bonds. The molecule has 0 saturated carbocycles. The Hall–Kier alpha value is -5.55. The van der Waals surface area contributed by atoms with Crippen molar-refractivity contribution in [1.82, 2.24) is 34.0 Å². The van der Waals surface area contributed by atoms with Crippen LogP contribution in [0.2, 0.25) is 5.02 Å². The molecule has 18 heteroatoms. The fourth-order valence-corrected chi connectivity index (χ4v) is 8.02. The second-order valence-electron chi connectivity index (χ2n) is 14.0. The summed E-state index contributed by atoms with van der Waals surface area (Å²) in [4.78, 5) is 58.1. The highest BCUT2D eigenvalue weighted by Gasteiger charge is 2.50. The second kappa shape index (κ2) is 13.6. The normalized spacial score (nSPS) is 18.0. The molecule has 14 nitrogen and oxygen atoms in total. The maximum Gasteiger partial charge on any atom is 0.416 e. The van der Waals surface area contributed by atoms with Crippen molar-refractivity contribution in [3.8, 4) is 17.1 Å². The standard InChI is InChI=1S/C37H35ClF3N9O5/c1-20-31(52)29(43-19-42-20)34(54)48-15-11-36(12-16-48)28-30(21(2)55-36)49(18-27(51)44-26-10-7-23(17-25(26)38)37(39,40)41)35-45-32(46-50(35)33(28)53)22-5-8-24(9-6-22)47-13-3-4-14-47/h5-10,17,19,21,52H,3-4,11-16,18H2,1-2H3,(H,44,51)/t21-/m1/s1. The Kier molecular flexibility index (Phi) is 9.03. The van der Waals surface area contributed by atoms with E-state index in [1.165, 1.54) is 15.8 Å². The second-order valence-corrected chi connectivity index (χ2v) is 14.4. The fourth-order valence-electron chi connectivity index (χ4n) is 7.79. The zero-order chi connectivity index (χ0) is 38.8. The van der Waals surface area contributed by atoms with Gasteiger partial charge in [-0.2, -0.15) is 22.7 Å². The van der Waals surface area contributed by atoms with Crippen LogP contribution >= 0.6 is 11.6 Å². The van der Waals surface area contributed by atoms with Crippen molar-refractivity contribution < 1.29 is 32.6 Å². The lowest BCUT2D eigenvalue weighted by molar-refractivity contribution is -0.137. The SMILES string of the molecule is Cc1ncnc(C(=O)N2CCC3(CC2)O[C@H](C)c2c3c(=O)n3nc(-c4ccc(N5CCCC5)cc4)nc3n2CC(=O)Nc2ccc(C(F)(F)F)cc2Cl)c1O. The summed E-state index contributed by atoms with van der Waals surface area (Å²) in [5.74, 6) is -1.14. The average molecular weight is 778 g/mol. The maximum atomic E-state index is 14.5. The molecule has 3 aliphatic heterocycles. The number of hydrogen-bond acceptors (Lipinski definition) is 10. The number of rotatable bonds is 6. The molecule has 0 unspecified atom stereocenters. The van der Waals surface area contributed by atoms with E-state index in [1.54, 1.807) is 13.8 Å². The molecule has 0 radical (unpaired) electrons. The van der Waals surface area contributed by atoms with E-state index >= 15 is 0 Å². The van der Waals surface area contributed by atoms with Gasteiger partial charge in [0, 0.05) is 37.4 Å². The third-order valence-corrected chi connectivity index (χ3v) is 10.9. The van der Waals surface area contributed by atoms with Crippen molar-refractivity contribution in [2.24, 2.45) is 0 Å². The monoisotopic (exact) mass is 777 g/mol. The molecule has 2 aromatic carbocycles. The van der Waals surface area contributed by atoms with Gasteiger partial charge in [-0.3, -0.25) is 14.4 Å². The van der Waals surface area contributed by atoms with Gasteiger partial charge in [0.25, 0.3) is 11.5 Å². The van der Waals surface area contributed by atoms with Gasteiger partial charge >= 0.3 is 6.18 Å². The number of nitrogens with one attached hydrogen (secondary N) is 1. The van der Waals surface area contributed by atoms with Gasteiger partial charge < -0.3 is 29.5 Å². The first kappa shape index (κ1) is 36.4. The number of halogens is 4. The number of benzene rings is 2. The molecule has 1 atom stereocenters. The third-order valence-electron chi connectivity index (χ3n) is 10.6. The first-order valence-corrected chi connectivity index (χ1v) is 18.2. The molecule has 5 aromatic rings. The summed E-state index contributed by atoms with van der Waals surface area (Å²) in [6.45, 7) is 5.14. The predicted molar refractivity (Wildman–Crippen MR) is 194 cm³/mol. The molecule has 3 aliphatic rings. The Morgan fingerprint density at radius 2 is 1.76 bits per heavy atom. The number of aromatic nitrogens is 6. The van der Waals surface area contributed by atoms with Crippen LogP contribution < -0.4 is 15.8 Å². The van der Waals surface area contributed by atoms with Gasteiger partial charge in [-0.05, 0) is 82.0 Å². The van der Waals surface area contributed by atoms with Crippen LogP contribution in [0, 0.1) is 6.92 Å². The van der Waals surface area contributed by atoms with Crippen molar-refractivity contribution in [3.05, 3.63) is 92.4 Å². The van der Waals surface area contributed by atoms with E-state index in [4.69, 9.17) is 21.3 Å². The highest BCUT2D eigenvalue weighted by molar-refractivity contribution is 6.33. The molecule has 55 heavy (non-hydrogen) atoms. The lowest BCUT2D eigenvalue weighted by Crippen LogP contribution is -2.47. The summed E-state index contributed by atoms with van der Waals surface area (Å²) < 4.78 is 49.1. The number of nitrogens with zero attached hydrogens (tertiary/aromatic N) is 8. The number of carbonyl (C=O) groups excluding carboxylic acids is 2. The number of carbonyl (C=O) groups is 2. The van der Waals surface area contributed by atoms with Crippen molar-refractivity contribution in [1.29, 1.82) is 0 Å². The Balaban J connectivity index is 1.17. The number of alkyl halides is 3. The minimum absolute atomic E-state index is 0.0312. The number of aryl methyl sites for hydroxylation is 1. The largest absolute Gasteiger partial charge is 0.504 e. The molecular formula is C37H35ClF3N9O5. The zero-order valence-corrected chi connectivity index (χ0v) is 30.5. The third kappa shape index (κ3) is 6.44. The van der Waals surface area contributed by atoms with E-state index in [0.29, 0.717) is 11.3 Å². The Labute approximate surface area is 316 Å². The summed E-state index contributed by atoms with van der Waals surface area (Å²) in [5.41, 5.74) is -0.164. The number of fused-ring (bicyclic) bond motifs is 3. The van der Waals surface area contributed by atoms with Crippen LogP contribution in [-0.4, -0.2) is 77.1 Å². The fraction of sp³-hybridized carbons (Fsp3) is 0.378. The first-order chi connectivity index (χ1) is 26.2. The lowest BCUT2D eigenvalue weighted by atomic mass is 9.85. The summed E-state index contributed by atoms with van der Waals surface area (Å²) in [6, 6.07) is 10.3. The van der Waals surface area contributed by atoms with Crippen molar-refractivity contribution in [2.75, 3.05) is 36.4 Å². The number of piperidine rings is 1. The molecule has 0 bridgehead atoms. The molecule has 3 aromatic heterocycles. The van der Waals surface area contributed by atoms with Gasteiger partial charge in [-0.1, -0.05) is 11.6 Å². The van der Waals surface area contributed by atoms with E-state index in [1.807, 2.05) is 24.3 Å². The smallest absolute Gasteiger partial charge is 0.416 e. The topological polar surface area (TPSA) is 160 Å². The minimum Gasteiger partial charge on any atom is -0.504 e. The van der Waals surface area contributed by atoms with Crippen LogP contribution in [-0.2, 0) is 27.9 Å². The first-order valence-electron chi connectivity index (χ1n) is 17.8. The summed E-state index contributed by atoms with van der Waals surface area (Å²) in [6.07, 6.45) is -1.49. The van der Waals surface area contributed by atoms with E-state index in [-0.39, 0.29) is 70.9 Å². The van der Waals surface area contributed by atoms with Gasteiger partial charge in [0.15, 0.2) is 17.3 Å². The van der Waals surface area contributed by atoms with E-state index in [0.717, 1.165) is 54.3 Å². The quantitative estimate of drug-likeness (QED) is 0.226. The molecule has 1 spiro atoms. The molecular weight excluding hydrogens is 743 g/mol. The van der Waals surface area contributed by atoms with Crippen molar-refractivity contribution in [2.45, 2.75) is 64.0 Å². The Morgan fingerprint density at radius 3 is 2.44 bits per heavy atom. The number of ether oxygens (including phenoxy) is 1. The predicted octanol–water partition coefficient (Wildman–Crippen LogP) is 5.50. The summed E-state index contributed by atoms with van der Waals surface area (Å²) >= 11 is 6.16. The summed E-state index contributed by atoms with van der Waals surface area (Å²) in [5, 5.41) is 17.4. The number of anilines is 2. The van der Waals surface area contributed by atoms with Crippen LogP contribution in [0.5, 0.6) is 5.75 Å². The number of aromatic hydroxyl groups is 1. The van der Waals surface area contributed by atoms with Crippen LogP contribution in [0.1, 0.15) is 71.7 Å². The van der Waals surface area contributed by atoms with Gasteiger partial charge in [0.1, 0.15) is 18.5 Å². The van der Waals surface area contributed by atoms with Gasteiger partial charge in [0.05, 0.1) is 39.3 Å². The number of hydrogen-bond donors (Lipinski definition) is 2. The lowest BCUT2D eigenvalue weighted by Gasteiger charge is -2.39. The minimum atomic E-state index is -4.62. The molecule has 286 valence electrons. The molecule has 2 fully saturated rings. The van der Waals surface area contributed by atoms with E-state index in [9.17, 15) is 32.7 Å². The Bertz CT molecular complexity index is 2400. The molecule has 8 rings (SSSR count). The maximum absolute atomic E-state index is 14.5. The van der Waals surface area contributed by atoms with Gasteiger partial charge in [0.2, 0.25) is 11.7 Å². The highest BCUT2D eigenvalue weighted by atomic mass is 35.5. The molecule has 2 N–H and O–H groups in total. The van der Waals surface area contributed by atoms with Gasteiger partial charge in [-0.25, -0.2) is 9.97 Å². The molecule has 2 saturated heterocycles. The van der Waals surface area contributed by atoms with Crippen LogP contribution in [0.15, 0.2) is 53.6 Å². The van der Waals surface area contributed by atoms with E-state index < -0.39 is 47.4 Å². The summed E-state index contributed by atoms with van der Waals surface area (Å²) in [7, 11) is 0. The van der Waals surface area contributed by atoms with Gasteiger partial charge in [-0.15, -0.1) is 5.10 Å². The van der Waals surface area contributed by atoms with Crippen molar-refractivity contribution >= 4 is 40.6 Å². The molecule has 6 heterocycles. The number of amides is 2. The van der Waals surface area contributed by atoms with Crippen LogP contribution in [0.25, 0.3) is 17.2 Å². The average Bonchev–Trinajstić information content (AvgIpc) is 3.91. The zero-order valence-electron chi connectivity index (χ0n) is 29.7. The van der Waals surface area contributed by atoms with Crippen LogP contribution in [0.3, 0.4) is 0 Å².